The molecule has 0 bridgehead atoms. The van der Waals surface area contributed by atoms with E-state index in [4.69, 9.17) is 14.2 Å². The summed E-state index contributed by atoms with van der Waals surface area (Å²) in [4.78, 5) is 24.3. The van der Waals surface area contributed by atoms with Gasteiger partial charge in [-0.3, -0.25) is 0 Å². The molecular weight excluding hydrogens is 486 g/mol. The topological polar surface area (TPSA) is 105 Å². The molecular formula is C24H22F2O8S. The van der Waals surface area contributed by atoms with Gasteiger partial charge in [-0.2, -0.15) is 17.2 Å². The molecule has 0 N–H and O–H groups in total. The molecule has 1 aliphatic heterocycles. The summed E-state index contributed by atoms with van der Waals surface area (Å²) in [6.07, 6.45) is -1.17. The van der Waals surface area contributed by atoms with Gasteiger partial charge in [0.05, 0.1) is 6.26 Å². The average Bonchev–Trinajstić information content (AvgIpc) is 3.04. The molecule has 0 spiro atoms. The van der Waals surface area contributed by atoms with Crippen molar-refractivity contribution in [3.8, 4) is 0 Å². The highest BCUT2D eigenvalue weighted by atomic mass is 32.2. The van der Waals surface area contributed by atoms with Crippen molar-refractivity contribution in [2.24, 2.45) is 0 Å². The van der Waals surface area contributed by atoms with Gasteiger partial charge in [0.15, 0.2) is 0 Å². The zero-order valence-electron chi connectivity index (χ0n) is 18.5. The van der Waals surface area contributed by atoms with Gasteiger partial charge in [0.25, 0.3) is 10.1 Å². The maximum atomic E-state index is 14.9. The van der Waals surface area contributed by atoms with Crippen LogP contribution in [0.5, 0.6) is 0 Å². The summed E-state index contributed by atoms with van der Waals surface area (Å²) < 4.78 is 71.8. The number of carbonyl (C=O) groups is 2. The summed E-state index contributed by atoms with van der Waals surface area (Å²) in [5.41, 5.74) is 1.32. The normalized spacial score (nSPS) is 21.9. The Morgan fingerprint density at radius 3 is 1.97 bits per heavy atom. The van der Waals surface area contributed by atoms with E-state index >= 15 is 0 Å². The summed E-state index contributed by atoms with van der Waals surface area (Å²) in [7, 11) is -4.35. The summed E-state index contributed by atoms with van der Waals surface area (Å²) >= 11 is 0. The third kappa shape index (κ3) is 7.81. The minimum atomic E-state index is -4.35. The molecule has 1 aliphatic rings. The Morgan fingerprint density at radius 2 is 1.46 bits per heavy atom. The summed E-state index contributed by atoms with van der Waals surface area (Å²) in [5, 5.41) is 0. The van der Waals surface area contributed by atoms with E-state index < -0.39 is 53.1 Å². The Morgan fingerprint density at radius 1 is 0.943 bits per heavy atom. The first-order valence-electron chi connectivity index (χ1n) is 10.3. The molecule has 2 aromatic carbocycles. The number of carbonyl (C=O) groups excluding carboxylic acids is 2. The number of halogens is 2. The van der Waals surface area contributed by atoms with Crippen molar-refractivity contribution in [2.45, 2.75) is 24.4 Å². The first-order chi connectivity index (χ1) is 16.5. The first kappa shape index (κ1) is 26.2. The highest BCUT2D eigenvalue weighted by molar-refractivity contribution is 7.86. The number of hydrogen-bond acceptors (Lipinski definition) is 8. The van der Waals surface area contributed by atoms with E-state index in [1.165, 1.54) is 12.2 Å². The smallest absolute Gasteiger partial charge is 0.337 e. The van der Waals surface area contributed by atoms with Crippen molar-refractivity contribution in [1.29, 1.82) is 0 Å². The monoisotopic (exact) mass is 508 g/mol. The molecule has 0 aromatic heterocycles. The molecule has 8 nitrogen and oxygen atoms in total. The van der Waals surface area contributed by atoms with Gasteiger partial charge in [0, 0.05) is 12.2 Å². The first-order valence-corrected chi connectivity index (χ1v) is 12.1. The van der Waals surface area contributed by atoms with E-state index in [0.29, 0.717) is 17.4 Å². The number of benzene rings is 2. The fourth-order valence-corrected chi connectivity index (χ4v) is 3.55. The Bertz CT molecular complexity index is 1180. The molecule has 11 heteroatoms. The molecule has 2 aromatic rings. The van der Waals surface area contributed by atoms with Gasteiger partial charge < -0.3 is 14.2 Å². The van der Waals surface area contributed by atoms with Crippen LogP contribution in [0, 0.1) is 0 Å². The minimum absolute atomic E-state index is 0.567. The highest BCUT2D eigenvalue weighted by Gasteiger charge is 2.63. The maximum absolute atomic E-state index is 14.9. The van der Waals surface area contributed by atoms with Crippen LogP contribution in [0.1, 0.15) is 11.1 Å². The van der Waals surface area contributed by atoms with Crippen LogP contribution in [0.4, 0.5) is 8.78 Å². The molecule has 1 heterocycles. The van der Waals surface area contributed by atoms with Crippen molar-refractivity contribution in [3.05, 3.63) is 83.9 Å². The van der Waals surface area contributed by atoms with Crippen molar-refractivity contribution in [3.63, 3.8) is 0 Å². The Labute approximate surface area is 200 Å². The maximum Gasteiger partial charge on any atom is 0.337 e. The van der Waals surface area contributed by atoms with Crippen LogP contribution in [0.15, 0.2) is 72.8 Å². The lowest BCUT2D eigenvalue weighted by molar-refractivity contribution is -0.191. The van der Waals surface area contributed by atoms with E-state index in [0.717, 1.165) is 12.2 Å². The lowest BCUT2D eigenvalue weighted by atomic mass is 10.1. The molecule has 35 heavy (non-hydrogen) atoms. The molecule has 0 aliphatic carbocycles. The number of esters is 2. The van der Waals surface area contributed by atoms with Crippen molar-refractivity contribution in [1.82, 2.24) is 0 Å². The molecule has 0 radical (unpaired) electrons. The summed E-state index contributed by atoms with van der Waals surface area (Å²) in [6.45, 7) is -0.752. The fraction of sp³-hybridized carbons (Fsp3) is 0.250. The minimum Gasteiger partial charge on any atom is -0.460 e. The molecule has 1 fully saturated rings. The second kappa shape index (κ2) is 11.3. The number of hydrogen-bond donors (Lipinski definition) is 0. The predicted molar refractivity (Wildman–Crippen MR) is 121 cm³/mol. The van der Waals surface area contributed by atoms with Crippen LogP contribution < -0.4 is 0 Å². The van der Waals surface area contributed by atoms with Gasteiger partial charge in [0.2, 0.25) is 12.4 Å². The largest absolute Gasteiger partial charge is 0.460 e. The Balaban J connectivity index is 1.70. The number of ether oxygens (including phenoxy) is 3. The van der Waals surface area contributed by atoms with Gasteiger partial charge in [-0.15, -0.1) is 0 Å². The van der Waals surface area contributed by atoms with Crippen molar-refractivity contribution in [2.75, 3.05) is 12.9 Å². The third-order valence-electron chi connectivity index (χ3n) is 4.65. The standard InChI is InChI=1S/C24H22F2O8S/c1-35(29,30)34-23-24(25,26)22(33-21(28)15-13-18-10-6-3-7-11-18)19(32-23)16-31-20(27)14-12-17-8-4-2-5-9-17/h2-15,19,22-23H,16H2,1H3/b14-12+,15-13+/t19-,22-,23?/m1/s1. The number of rotatable bonds is 9. The second-order valence-electron chi connectivity index (χ2n) is 7.46. The summed E-state index contributed by atoms with van der Waals surface area (Å²) in [5.74, 6) is -6.07. The van der Waals surface area contributed by atoms with E-state index in [1.807, 2.05) is 0 Å². The quantitative estimate of drug-likeness (QED) is 0.289. The van der Waals surface area contributed by atoms with Gasteiger partial charge in [-0.1, -0.05) is 60.7 Å². The van der Waals surface area contributed by atoms with Crippen LogP contribution >= 0.6 is 0 Å². The van der Waals surface area contributed by atoms with Gasteiger partial charge in [0.1, 0.15) is 12.7 Å². The SMILES string of the molecule is CS(=O)(=O)OC1O[C@H](COC(=O)/C=C/c2ccccc2)[C@@H](OC(=O)/C=C/c2ccccc2)C1(F)F. The second-order valence-corrected chi connectivity index (χ2v) is 9.06. The molecule has 3 atom stereocenters. The van der Waals surface area contributed by atoms with Crippen LogP contribution in [0.3, 0.4) is 0 Å². The molecule has 1 unspecified atom stereocenters. The molecule has 0 amide bonds. The van der Waals surface area contributed by atoms with Crippen LogP contribution in [-0.2, 0) is 38.1 Å². The highest BCUT2D eigenvalue weighted by Crippen LogP contribution is 2.39. The van der Waals surface area contributed by atoms with Crippen molar-refractivity contribution < 1.29 is 45.2 Å². The van der Waals surface area contributed by atoms with Crippen LogP contribution in [0.25, 0.3) is 12.2 Å². The van der Waals surface area contributed by atoms with E-state index in [-0.39, 0.29) is 0 Å². The van der Waals surface area contributed by atoms with Crippen molar-refractivity contribution >= 4 is 34.2 Å². The lowest BCUT2D eigenvalue weighted by Gasteiger charge is -2.22. The van der Waals surface area contributed by atoms with Crippen LogP contribution in [0.2, 0.25) is 0 Å². The predicted octanol–water partition coefficient (Wildman–Crippen LogP) is 3.20. The van der Waals surface area contributed by atoms with E-state index in [9.17, 15) is 26.8 Å². The third-order valence-corrected chi connectivity index (χ3v) is 5.17. The zero-order valence-corrected chi connectivity index (χ0v) is 19.3. The molecule has 0 saturated carbocycles. The zero-order chi connectivity index (χ0) is 25.5. The lowest BCUT2D eigenvalue weighted by Crippen LogP contribution is -2.45. The average molecular weight is 508 g/mol. The summed E-state index contributed by atoms with van der Waals surface area (Å²) in [6, 6.07) is 17.3. The number of alkyl halides is 2. The van der Waals surface area contributed by atoms with Crippen LogP contribution in [-0.4, -0.2) is 57.6 Å². The van der Waals surface area contributed by atoms with Gasteiger partial charge in [-0.05, 0) is 23.3 Å². The molecule has 186 valence electrons. The van der Waals surface area contributed by atoms with Gasteiger partial charge in [-0.25, -0.2) is 13.8 Å². The Kier molecular flexibility index (Phi) is 8.49. The molecule has 3 rings (SSSR count). The molecule has 1 saturated heterocycles. The van der Waals surface area contributed by atoms with Gasteiger partial charge >= 0.3 is 17.9 Å². The fourth-order valence-electron chi connectivity index (χ4n) is 3.06. The van der Waals surface area contributed by atoms with E-state index in [1.54, 1.807) is 60.7 Å². The van der Waals surface area contributed by atoms with E-state index in [2.05, 4.69) is 4.18 Å². The Hall–Kier alpha value is -3.41.